The number of carbonyl (C=O) groups excluding carboxylic acids is 1. The Balaban J connectivity index is 1.64. The van der Waals surface area contributed by atoms with Crippen LogP contribution in [0.3, 0.4) is 0 Å². The monoisotopic (exact) mass is 425 g/mol. The van der Waals surface area contributed by atoms with Gasteiger partial charge >= 0.3 is 0 Å². The molecular weight excluding hydrogens is 398 g/mol. The summed E-state index contributed by atoms with van der Waals surface area (Å²) in [6.07, 6.45) is 0. The lowest BCUT2D eigenvalue weighted by atomic mass is 10.1. The summed E-state index contributed by atoms with van der Waals surface area (Å²) in [5.41, 5.74) is 2.28. The van der Waals surface area contributed by atoms with Crippen molar-refractivity contribution in [2.24, 2.45) is 0 Å². The van der Waals surface area contributed by atoms with Crippen LogP contribution in [0.15, 0.2) is 36.4 Å². The number of methoxy groups -OCH3 is 4. The normalized spacial score (nSPS) is 10.5. The predicted octanol–water partition coefficient (Wildman–Crippen LogP) is 3.42. The maximum atomic E-state index is 12.6. The number of nitrogens with zero attached hydrogens (tertiary/aromatic N) is 1. The Morgan fingerprint density at radius 1 is 0.903 bits per heavy atom. The summed E-state index contributed by atoms with van der Waals surface area (Å²) in [5, 5.41) is 7.20. The van der Waals surface area contributed by atoms with Crippen molar-refractivity contribution >= 4 is 22.6 Å². The van der Waals surface area contributed by atoms with Crippen molar-refractivity contribution in [1.29, 1.82) is 0 Å². The van der Waals surface area contributed by atoms with E-state index in [4.69, 9.17) is 18.9 Å². The number of hydrogen-bond acceptors (Lipinski definition) is 7. The fourth-order valence-corrected chi connectivity index (χ4v) is 3.23. The first kappa shape index (κ1) is 22.0. The number of amides is 1. The number of pyridine rings is 1. The second kappa shape index (κ2) is 9.88. The molecule has 1 heterocycles. The van der Waals surface area contributed by atoms with Crippen molar-refractivity contribution < 1.29 is 23.7 Å². The molecule has 3 aromatic rings. The van der Waals surface area contributed by atoms with Crippen LogP contribution in [0.25, 0.3) is 10.9 Å². The highest BCUT2D eigenvalue weighted by molar-refractivity contribution is 5.95. The number of hydrogen-bond donors (Lipinski definition) is 2. The Labute approximate surface area is 181 Å². The van der Waals surface area contributed by atoms with Crippen LogP contribution in [0.5, 0.6) is 23.0 Å². The smallest absolute Gasteiger partial charge is 0.251 e. The van der Waals surface area contributed by atoms with E-state index in [1.165, 1.54) is 21.3 Å². The summed E-state index contributed by atoms with van der Waals surface area (Å²) in [4.78, 5) is 17.3. The van der Waals surface area contributed by atoms with Gasteiger partial charge in [0.05, 0.1) is 34.0 Å². The number of benzene rings is 2. The number of anilines is 1. The number of nitrogens with one attached hydrogen (secondary N) is 2. The van der Waals surface area contributed by atoms with E-state index in [1.54, 1.807) is 19.2 Å². The molecular formula is C23H27N3O5. The summed E-state index contributed by atoms with van der Waals surface area (Å²) in [5.74, 6) is 2.58. The molecule has 0 radical (unpaired) electrons. The molecule has 1 aromatic heterocycles. The third-order valence-electron chi connectivity index (χ3n) is 4.85. The molecule has 2 aromatic carbocycles. The lowest BCUT2D eigenvalue weighted by Crippen LogP contribution is -2.29. The van der Waals surface area contributed by atoms with Crippen LogP contribution in [0, 0.1) is 6.92 Å². The van der Waals surface area contributed by atoms with E-state index < -0.39 is 0 Å². The third kappa shape index (κ3) is 4.91. The van der Waals surface area contributed by atoms with Crippen LogP contribution in [0.2, 0.25) is 0 Å². The average Bonchev–Trinajstić information content (AvgIpc) is 2.80. The first-order valence-corrected chi connectivity index (χ1v) is 9.78. The van der Waals surface area contributed by atoms with Crippen LogP contribution in [-0.2, 0) is 0 Å². The maximum Gasteiger partial charge on any atom is 0.251 e. The van der Waals surface area contributed by atoms with E-state index in [1.807, 2.05) is 25.1 Å². The second-order valence-corrected chi connectivity index (χ2v) is 6.81. The molecule has 164 valence electrons. The topological polar surface area (TPSA) is 90.9 Å². The van der Waals surface area contributed by atoms with Crippen LogP contribution in [0.1, 0.15) is 15.9 Å². The summed E-state index contributed by atoms with van der Waals surface area (Å²) >= 11 is 0. The van der Waals surface area contributed by atoms with E-state index in [0.717, 1.165) is 28.0 Å². The molecule has 0 atom stereocenters. The number of ether oxygens (including phenoxy) is 4. The number of aryl methyl sites for hydroxylation is 1. The van der Waals surface area contributed by atoms with Crippen LogP contribution in [0.4, 0.5) is 5.82 Å². The van der Waals surface area contributed by atoms with Gasteiger partial charge in [-0.05, 0) is 42.8 Å². The Bertz CT molecular complexity index is 1060. The van der Waals surface area contributed by atoms with E-state index in [9.17, 15) is 4.79 Å². The van der Waals surface area contributed by atoms with Gasteiger partial charge in [-0.2, -0.15) is 0 Å². The van der Waals surface area contributed by atoms with Crippen molar-refractivity contribution in [2.45, 2.75) is 6.92 Å². The number of aromatic nitrogens is 1. The standard InChI is InChI=1S/C23H27N3O5/c1-14-10-15-6-7-17(28-2)13-18(15)26-22(14)24-8-9-25-23(27)16-11-19(29-3)21(31-5)20(12-16)30-4/h6-7,10-13H,8-9H2,1-5H3,(H,24,26)(H,25,27). The molecule has 0 saturated carbocycles. The summed E-state index contributed by atoms with van der Waals surface area (Å²) in [6.45, 7) is 2.92. The van der Waals surface area contributed by atoms with Gasteiger partial charge in [0.25, 0.3) is 5.91 Å². The summed E-state index contributed by atoms with van der Waals surface area (Å²) in [7, 11) is 6.17. The fraction of sp³-hybridized carbons (Fsp3) is 0.304. The number of fused-ring (bicyclic) bond motifs is 1. The Hall–Kier alpha value is -3.68. The van der Waals surface area contributed by atoms with Crippen LogP contribution >= 0.6 is 0 Å². The van der Waals surface area contributed by atoms with Crippen LogP contribution < -0.4 is 29.6 Å². The lowest BCUT2D eigenvalue weighted by Gasteiger charge is -2.14. The van der Waals surface area contributed by atoms with Gasteiger partial charge in [0.2, 0.25) is 5.75 Å². The van der Waals surface area contributed by atoms with E-state index in [-0.39, 0.29) is 5.91 Å². The van der Waals surface area contributed by atoms with Gasteiger partial charge in [0.1, 0.15) is 11.6 Å². The molecule has 0 saturated heterocycles. The molecule has 0 fully saturated rings. The van der Waals surface area contributed by atoms with Gasteiger partial charge in [0.15, 0.2) is 11.5 Å². The number of carbonyl (C=O) groups is 1. The molecule has 1 amide bonds. The lowest BCUT2D eigenvalue weighted by molar-refractivity contribution is 0.0954. The summed E-state index contributed by atoms with van der Waals surface area (Å²) in [6, 6.07) is 11.1. The summed E-state index contributed by atoms with van der Waals surface area (Å²) < 4.78 is 21.2. The minimum absolute atomic E-state index is 0.242. The molecule has 31 heavy (non-hydrogen) atoms. The Morgan fingerprint density at radius 3 is 2.23 bits per heavy atom. The predicted molar refractivity (Wildman–Crippen MR) is 120 cm³/mol. The van der Waals surface area contributed by atoms with Gasteiger partial charge in [-0.1, -0.05) is 0 Å². The van der Waals surface area contributed by atoms with E-state index in [0.29, 0.717) is 35.9 Å². The molecule has 3 rings (SSSR count). The zero-order valence-electron chi connectivity index (χ0n) is 18.4. The van der Waals surface area contributed by atoms with Crippen molar-refractivity contribution in [3.63, 3.8) is 0 Å². The van der Waals surface area contributed by atoms with Crippen molar-refractivity contribution in [3.05, 3.63) is 47.5 Å². The maximum absolute atomic E-state index is 12.6. The highest BCUT2D eigenvalue weighted by atomic mass is 16.5. The zero-order valence-corrected chi connectivity index (χ0v) is 18.4. The molecule has 0 bridgehead atoms. The second-order valence-electron chi connectivity index (χ2n) is 6.81. The first-order chi connectivity index (χ1) is 15.0. The van der Waals surface area contributed by atoms with Crippen molar-refractivity contribution in [2.75, 3.05) is 46.8 Å². The molecule has 0 aliphatic carbocycles. The van der Waals surface area contributed by atoms with E-state index >= 15 is 0 Å². The molecule has 0 spiro atoms. The fourth-order valence-electron chi connectivity index (χ4n) is 3.23. The highest BCUT2D eigenvalue weighted by Gasteiger charge is 2.16. The average molecular weight is 425 g/mol. The minimum atomic E-state index is -0.242. The Kier molecular flexibility index (Phi) is 7.02. The van der Waals surface area contributed by atoms with Crippen LogP contribution in [-0.4, -0.2) is 52.4 Å². The number of rotatable bonds is 9. The molecule has 8 heteroatoms. The largest absolute Gasteiger partial charge is 0.497 e. The molecule has 0 aliphatic heterocycles. The zero-order chi connectivity index (χ0) is 22.4. The van der Waals surface area contributed by atoms with Gasteiger partial charge < -0.3 is 29.6 Å². The quantitative estimate of drug-likeness (QED) is 0.508. The molecule has 0 aliphatic rings. The first-order valence-electron chi connectivity index (χ1n) is 9.78. The molecule has 8 nitrogen and oxygen atoms in total. The van der Waals surface area contributed by atoms with Gasteiger partial charge in [-0.3, -0.25) is 4.79 Å². The van der Waals surface area contributed by atoms with Gasteiger partial charge in [-0.25, -0.2) is 4.98 Å². The van der Waals surface area contributed by atoms with Gasteiger partial charge in [0, 0.05) is 30.1 Å². The van der Waals surface area contributed by atoms with Crippen molar-refractivity contribution in [3.8, 4) is 23.0 Å². The molecule has 0 unspecified atom stereocenters. The molecule has 2 N–H and O–H groups in total. The van der Waals surface area contributed by atoms with Gasteiger partial charge in [-0.15, -0.1) is 0 Å². The Morgan fingerprint density at radius 2 is 1.61 bits per heavy atom. The minimum Gasteiger partial charge on any atom is -0.497 e. The van der Waals surface area contributed by atoms with Crippen molar-refractivity contribution in [1.82, 2.24) is 10.3 Å². The SMILES string of the molecule is COc1ccc2cc(C)c(NCCNC(=O)c3cc(OC)c(OC)c(OC)c3)nc2c1. The van der Waals surface area contributed by atoms with E-state index in [2.05, 4.69) is 21.7 Å². The highest BCUT2D eigenvalue weighted by Crippen LogP contribution is 2.38. The third-order valence-corrected chi connectivity index (χ3v) is 4.85.